The van der Waals surface area contributed by atoms with E-state index in [4.69, 9.17) is 4.42 Å². The van der Waals surface area contributed by atoms with Gasteiger partial charge in [-0.25, -0.2) is 0 Å². The van der Waals surface area contributed by atoms with Gasteiger partial charge in [-0.3, -0.25) is 0 Å². The predicted octanol–water partition coefficient (Wildman–Crippen LogP) is 11.6. The van der Waals surface area contributed by atoms with Crippen LogP contribution in [-0.4, -0.2) is 4.57 Å². The number of fused-ring (bicyclic) bond motifs is 4. The first kappa shape index (κ1) is 26.6. The van der Waals surface area contributed by atoms with E-state index in [2.05, 4.69) is 157 Å². The molecule has 3 heteroatoms. The lowest BCUT2D eigenvalue weighted by atomic mass is 9.99. The monoisotopic (exact) mass is 578 g/mol. The van der Waals surface area contributed by atoms with Crippen molar-refractivity contribution in [3.05, 3.63) is 170 Å². The van der Waals surface area contributed by atoms with E-state index in [1.165, 1.54) is 32.9 Å². The Kier molecular flexibility index (Phi) is 6.43. The highest BCUT2D eigenvalue weighted by atomic mass is 16.3. The minimum absolute atomic E-state index is 0.695. The van der Waals surface area contributed by atoms with E-state index in [-0.39, 0.29) is 0 Å². The molecule has 0 radical (unpaired) electrons. The Labute approximate surface area is 262 Å². The van der Waals surface area contributed by atoms with E-state index in [9.17, 15) is 0 Å². The van der Waals surface area contributed by atoms with E-state index >= 15 is 0 Å². The van der Waals surface area contributed by atoms with Gasteiger partial charge in [0.1, 0.15) is 11.3 Å². The fourth-order valence-electron chi connectivity index (χ4n) is 6.37. The Morgan fingerprint density at radius 2 is 1.20 bits per heavy atom. The zero-order valence-electron chi connectivity index (χ0n) is 24.7. The summed E-state index contributed by atoms with van der Waals surface area (Å²) in [6.45, 7) is 8.45. The summed E-state index contributed by atoms with van der Waals surface area (Å²) in [6.07, 6.45) is 1.75. The summed E-state index contributed by atoms with van der Waals surface area (Å²) in [7, 11) is 0. The molecule has 2 aromatic heterocycles. The first-order chi connectivity index (χ1) is 22.2. The van der Waals surface area contributed by atoms with Crippen LogP contribution in [0.5, 0.6) is 0 Å². The SMILES string of the molecule is C=Cc1oc2ccc(-c3ccc4c5ccccc5n(-c5ccccc5)c4c3)cc2c1C(=C)Nc1ccc(-c2ccccc2)cc1. The highest BCUT2D eigenvalue weighted by Crippen LogP contribution is 2.38. The summed E-state index contributed by atoms with van der Waals surface area (Å²) >= 11 is 0. The summed E-state index contributed by atoms with van der Waals surface area (Å²) in [5.74, 6) is 0.695. The summed E-state index contributed by atoms with van der Waals surface area (Å²) in [5.41, 5.74) is 11.5. The fourth-order valence-corrected chi connectivity index (χ4v) is 6.37. The summed E-state index contributed by atoms with van der Waals surface area (Å²) in [5, 5.41) is 6.97. The van der Waals surface area contributed by atoms with E-state index in [0.717, 1.165) is 44.7 Å². The Bertz CT molecular complexity index is 2360. The molecule has 0 aliphatic carbocycles. The minimum Gasteiger partial charge on any atom is -0.456 e. The zero-order valence-corrected chi connectivity index (χ0v) is 24.7. The van der Waals surface area contributed by atoms with Crippen LogP contribution >= 0.6 is 0 Å². The number of nitrogens with one attached hydrogen (secondary N) is 1. The molecule has 0 spiro atoms. The van der Waals surface area contributed by atoms with E-state index in [0.29, 0.717) is 5.76 Å². The highest BCUT2D eigenvalue weighted by molar-refractivity contribution is 6.10. The van der Waals surface area contributed by atoms with E-state index in [1.54, 1.807) is 6.08 Å². The third kappa shape index (κ3) is 4.62. The maximum absolute atomic E-state index is 6.24. The van der Waals surface area contributed by atoms with Gasteiger partial charge in [-0.1, -0.05) is 110 Å². The fraction of sp³-hybridized carbons (Fsp3) is 0. The van der Waals surface area contributed by atoms with Crippen molar-refractivity contribution < 1.29 is 4.42 Å². The van der Waals surface area contributed by atoms with E-state index in [1.807, 2.05) is 12.1 Å². The molecule has 0 amide bonds. The van der Waals surface area contributed by atoms with Gasteiger partial charge in [-0.2, -0.15) is 0 Å². The third-order valence-electron chi connectivity index (χ3n) is 8.51. The summed E-state index contributed by atoms with van der Waals surface area (Å²) in [6, 6.07) is 51.0. The lowest BCUT2D eigenvalue weighted by Crippen LogP contribution is -1.98. The van der Waals surface area contributed by atoms with Gasteiger partial charge in [0.05, 0.1) is 16.6 Å². The minimum atomic E-state index is 0.695. The first-order valence-corrected chi connectivity index (χ1v) is 15.1. The van der Waals surface area contributed by atoms with Gasteiger partial charge >= 0.3 is 0 Å². The van der Waals surface area contributed by atoms with E-state index < -0.39 is 0 Å². The molecular weight excluding hydrogens is 548 g/mol. The molecule has 8 rings (SSSR count). The van der Waals surface area contributed by atoms with Crippen LogP contribution in [0.2, 0.25) is 0 Å². The topological polar surface area (TPSA) is 30.1 Å². The number of nitrogens with zero attached hydrogens (tertiary/aromatic N) is 1. The molecule has 0 unspecified atom stereocenters. The number of aromatic nitrogens is 1. The van der Waals surface area contributed by atoms with Crippen LogP contribution in [0, 0.1) is 0 Å². The van der Waals surface area contributed by atoms with Gasteiger partial charge in [0.25, 0.3) is 0 Å². The Morgan fingerprint density at radius 1 is 0.578 bits per heavy atom. The molecule has 1 N–H and O–H groups in total. The van der Waals surface area contributed by atoms with Crippen molar-refractivity contribution in [2.45, 2.75) is 0 Å². The molecule has 6 aromatic carbocycles. The smallest absolute Gasteiger partial charge is 0.136 e. The number of hydrogen-bond donors (Lipinski definition) is 1. The molecular formula is C42H30N2O. The molecule has 45 heavy (non-hydrogen) atoms. The van der Waals surface area contributed by atoms with Crippen LogP contribution in [0.4, 0.5) is 5.69 Å². The van der Waals surface area contributed by atoms with Crippen LogP contribution < -0.4 is 5.32 Å². The number of rotatable bonds is 7. The van der Waals surface area contributed by atoms with Gasteiger partial charge in [0.2, 0.25) is 0 Å². The van der Waals surface area contributed by atoms with Gasteiger partial charge in [-0.15, -0.1) is 0 Å². The van der Waals surface area contributed by atoms with Gasteiger partial charge < -0.3 is 14.3 Å². The Balaban J connectivity index is 1.19. The maximum atomic E-state index is 6.24. The van der Waals surface area contributed by atoms with Crippen molar-refractivity contribution in [1.82, 2.24) is 4.57 Å². The largest absolute Gasteiger partial charge is 0.456 e. The van der Waals surface area contributed by atoms with Crippen molar-refractivity contribution in [1.29, 1.82) is 0 Å². The molecule has 2 heterocycles. The predicted molar refractivity (Wildman–Crippen MR) is 191 cm³/mol. The molecule has 0 saturated heterocycles. The Hall–Kier alpha value is -6.06. The molecule has 8 aromatic rings. The number of benzene rings is 6. The normalized spacial score (nSPS) is 11.3. The molecule has 3 nitrogen and oxygen atoms in total. The molecule has 0 atom stereocenters. The highest BCUT2D eigenvalue weighted by Gasteiger charge is 2.18. The quantitative estimate of drug-likeness (QED) is 0.204. The average Bonchev–Trinajstić information content (AvgIpc) is 3.64. The number of para-hydroxylation sites is 2. The van der Waals surface area contributed by atoms with Crippen LogP contribution in [0.3, 0.4) is 0 Å². The van der Waals surface area contributed by atoms with Gasteiger partial charge in [0, 0.05) is 33.2 Å². The van der Waals surface area contributed by atoms with Crippen LogP contribution in [-0.2, 0) is 0 Å². The molecule has 0 aliphatic heterocycles. The standard InChI is InChI=1S/C42H30N2O/c1-3-40-42(28(2)43-33-22-18-30(19-23-33)29-12-6-4-7-13-29)37-26-31(21-25-41(37)45-40)32-20-24-36-35-16-10-11-17-38(35)44(39(36)27-32)34-14-8-5-9-15-34/h3-27,43H,1-2H2. The van der Waals surface area contributed by atoms with Crippen molar-refractivity contribution in [2.24, 2.45) is 0 Å². The second-order valence-corrected chi connectivity index (χ2v) is 11.2. The lowest BCUT2D eigenvalue weighted by molar-refractivity contribution is 0.603. The molecule has 214 valence electrons. The van der Waals surface area contributed by atoms with Gasteiger partial charge in [-0.05, 0) is 76.9 Å². The molecule has 0 fully saturated rings. The average molecular weight is 579 g/mol. The second kappa shape index (κ2) is 10.9. The van der Waals surface area contributed by atoms with Crippen molar-refractivity contribution in [3.8, 4) is 27.9 Å². The maximum Gasteiger partial charge on any atom is 0.136 e. The van der Waals surface area contributed by atoms with Crippen LogP contribution in [0.25, 0.3) is 72.5 Å². The van der Waals surface area contributed by atoms with Crippen LogP contribution in [0.1, 0.15) is 11.3 Å². The zero-order chi connectivity index (χ0) is 30.3. The van der Waals surface area contributed by atoms with Crippen molar-refractivity contribution >= 4 is 50.2 Å². The number of furan rings is 1. The number of anilines is 1. The van der Waals surface area contributed by atoms with Crippen molar-refractivity contribution in [3.63, 3.8) is 0 Å². The summed E-state index contributed by atoms with van der Waals surface area (Å²) in [4.78, 5) is 0. The molecule has 0 saturated carbocycles. The summed E-state index contributed by atoms with van der Waals surface area (Å²) < 4.78 is 8.59. The molecule has 0 bridgehead atoms. The second-order valence-electron chi connectivity index (χ2n) is 11.2. The van der Waals surface area contributed by atoms with Crippen molar-refractivity contribution in [2.75, 3.05) is 5.32 Å². The van der Waals surface area contributed by atoms with Crippen LogP contribution in [0.15, 0.2) is 163 Å². The third-order valence-corrected chi connectivity index (χ3v) is 8.51. The van der Waals surface area contributed by atoms with Gasteiger partial charge in [0.15, 0.2) is 0 Å². The number of hydrogen-bond acceptors (Lipinski definition) is 2. The lowest BCUT2D eigenvalue weighted by Gasteiger charge is -2.11. The first-order valence-electron chi connectivity index (χ1n) is 15.1. The molecule has 0 aliphatic rings. The Morgan fingerprint density at radius 3 is 1.98 bits per heavy atom.